The van der Waals surface area contributed by atoms with E-state index in [-0.39, 0.29) is 11.5 Å². The summed E-state index contributed by atoms with van der Waals surface area (Å²) in [7, 11) is 1.60. The minimum atomic E-state index is -4.49. The molecule has 0 radical (unpaired) electrons. The van der Waals surface area contributed by atoms with Crippen LogP contribution in [0.15, 0.2) is 36.4 Å². The van der Waals surface area contributed by atoms with Gasteiger partial charge in [-0.15, -0.1) is 0 Å². The van der Waals surface area contributed by atoms with Crippen molar-refractivity contribution >= 4 is 11.6 Å². The zero-order chi connectivity index (χ0) is 18.1. The first kappa shape index (κ1) is 16.1. The van der Waals surface area contributed by atoms with Crippen LogP contribution in [0.4, 0.5) is 18.9 Å². The van der Waals surface area contributed by atoms with Crippen molar-refractivity contribution in [3.8, 4) is 0 Å². The van der Waals surface area contributed by atoms with E-state index in [0.29, 0.717) is 16.8 Å². The molecular formula is C19H17F3N2O. The van der Waals surface area contributed by atoms with Crippen LogP contribution in [0.5, 0.6) is 0 Å². The van der Waals surface area contributed by atoms with Gasteiger partial charge in [0.25, 0.3) is 5.91 Å². The van der Waals surface area contributed by atoms with Crippen LogP contribution in [0.3, 0.4) is 0 Å². The summed E-state index contributed by atoms with van der Waals surface area (Å²) in [5.41, 5.74) is 1.89. The second kappa shape index (κ2) is 4.85. The number of hydrogen-bond acceptors (Lipinski definition) is 2. The van der Waals surface area contributed by atoms with Gasteiger partial charge in [0, 0.05) is 18.3 Å². The van der Waals surface area contributed by atoms with Crippen LogP contribution in [0.2, 0.25) is 0 Å². The number of anilines is 1. The van der Waals surface area contributed by atoms with E-state index < -0.39 is 17.8 Å². The van der Waals surface area contributed by atoms with Gasteiger partial charge >= 0.3 is 6.18 Å². The number of alkyl halides is 3. The zero-order valence-electron chi connectivity index (χ0n) is 14.0. The predicted molar refractivity (Wildman–Crippen MR) is 88.5 cm³/mol. The molecule has 0 aliphatic carbocycles. The van der Waals surface area contributed by atoms with E-state index >= 15 is 0 Å². The molecule has 2 heterocycles. The summed E-state index contributed by atoms with van der Waals surface area (Å²) in [6, 6.07) is 8.41. The van der Waals surface area contributed by atoms with Gasteiger partial charge < -0.3 is 4.90 Å². The van der Waals surface area contributed by atoms with E-state index in [2.05, 4.69) is 5.32 Å². The lowest BCUT2D eigenvalue weighted by molar-refractivity contribution is -0.159. The molecule has 6 heteroatoms. The van der Waals surface area contributed by atoms with Crippen molar-refractivity contribution in [2.75, 3.05) is 11.9 Å². The fourth-order valence-corrected chi connectivity index (χ4v) is 3.99. The van der Waals surface area contributed by atoms with E-state index in [1.165, 1.54) is 4.90 Å². The first-order chi connectivity index (χ1) is 11.7. The highest BCUT2D eigenvalue weighted by Crippen LogP contribution is 2.53. The highest BCUT2D eigenvalue weighted by atomic mass is 19.4. The standard InChI is InChI=1S/C19H17F3N2O/c1-10-8-12-14(9-11(10)2)18(23-16(12)19(20,21)22)13-6-4-5-7-15(13)24(3)17(18)25/h4-9,16,23H,1-3H3. The third-order valence-corrected chi connectivity index (χ3v) is 5.36. The van der Waals surface area contributed by atoms with E-state index in [9.17, 15) is 18.0 Å². The van der Waals surface area contributed by atoms with Crippen molar-refractivity contribution in [1.29, 1.82) is 0 Å². The molecule has 2 aromatic rings. The molecule has 2 aromatic carbocycles. The Labute approximate surface area is 143 Å². The number of rotatable bonds is 0. The third kappa shape index (κ3) is 1.94. The van der Waals surface area contributed by atoms with Gasteiger partial charge in [0.15, 0.2) is 5.54 Å². The number of carbonyl (C=O) groups is 1. The Kier molecular flexibility index (Phi) is 3.13. The molecule has 2 unspecified atom stereocenters. The van der Waals surface area contributed by atoms with E-state index in [1.807, 2.05) is 6.92 Å². The summed E-state index contributed by atoms with van der Waals surface area (Å²) in [6.45, 7) is 3.63. The number of benzene rings is 2. The van der Waals surface area contributed by atoms with Gasteiger partial charge in [-0.25, -0.2) is 0 Å². The molecule has 0 bridgehead atoms. The fourth-order valence-electron chi connectivity index (χ4n) is 3.99. The average Bonchev–Trinajstić information content (AvgIpc) is 2.99. The highest BCUT2D eigenvalue weighted by Gasteiger charge is 2.61. The fraction of sp³-hybridized carbons (Fsp3) is 0.316. The number of para-hydroxylation sites is 1. The molecule has 2 aliphatic heterocycles. The average molecular weight is 346 g/mol. The van der Waals surface area contributed by atoms with Crippen LogP contribution in [0.25, 0.3) is 0 Å². The number of nitrogens with zero attached hydrogens (tertiary/aromatic N) is 1. The van der Waals surface area contributed by atoms with Crippen LogP contribution < -0.4 is 10.2 Å². The quantitative estimate of drug-likeness (QED) is 0.788. The number of fused-ring (bicyclic) bond motifs is 4. The van der Waals surface area contributed by atoms with Crippen LogP contribution in [0.1, 0.15) is 33.9 Å². The van der Waals surface area contributed by atoms with Crippen molar-refractivity contribution in [1.82, 2.24) is 5.32 Å². The summed E-state index contributed by atoms with van der Waals surface area (Å²) < 4.78 is 41.2. The second-order valence-corrected chi connectivity index (χ2v) is 6.77. The van der Waals surface area contributed by atoms with Crippen molar-refractivity contribution < 1.29 is 18.0 Å². The molecule has 0 aromatic heterocycles. The van der Waals surface area contributed by atoms with Crippen LogP contribution in [-0.4, -0.2) is 19.1 Å². The lowest BCUT2D eigenvalue weighted by Crippen LogP contribution is -2.49. The molecule has 0 saturated heterocycles. The number of halogens is 3. The van der Waals surface area contributed by atoms with E-state index in [4.69, 9.17) is 0 Å². The SMILES string of the molecule is Cc1cc2c(cc1C)C1(NC2C(F)(F)F)C(=O)N(C)c2ccccc21. The maximum absolute atomic E-state index is 13.7. The first-order valence-corrected chi connectivity index (χ1v) is 8.01. The van der Waals surface area contributed by atoms with E-state index in [0.717, 1.165) is 11.1 Å². The van der Waals surface area contributed by atoms with Crippen molar-refractivity contribution in [3.63, 3.8) is 0 Å². The summed E-state index contributed by atoms with van der Waals surface area (Å²) in [6.07, 6.45) is -4.49. The minimum absolute atomic E-state index is 0.133. The van der Waals surface area contributed by atoms with Gasteiger partial charge in [-0.1, -0.05) is 30.3 Å². The predicted octanol–water partition coefficient (Wildman–Crippen LogP) is 3.73. The summed E-state index contributed by atoms with van der Waals surface area (Å²) in [4.78, 5) is 14.5. The van der Waals surface area contributed by atoms with Crippen molar-refractivity contribution in [2.45, 2.75) is 31.6 Å². The Morgan fingerprint density at radius 1 is 1.08 bits per heavy atom. The Balaban J connectivity index is 2.06. The number of amides is 1. The molecule has 130 valence electrons. The Morgan fingerprint density at radius 3 is 2.40 bits per heavy atom. The topological polar surface area (TPSA) is 32.3 Å². The maximum Gasteiger partial charge on any atom is 0.407 e. The van der Waals surface area contributed by atoms with Gasteiger partial charge in [-0.2, -0.15) is 13.2 Å². The minimum Gasteiger partial charge on any atom is -0.313 e. The second-order valence-electron chi connectivity index (χ2n) is 6.77. The largest absolute Gasteiger partial charge is 0.407 e. The summed E-state index contributed by atoms with van der Waals surface area (Å²) in [5, 5.41) is 2.65. The number of aryl methyl sites for hydroxylation is 2. The third-order valence-electron chi connectivity index (χ3n) is 5.36. The van der Waals surface area contributed by atoms with Crippen LogP contribution >= 0.6 is 0 Å². The number of likely N-dealkylation sites (N-methyl/N-ethyl adjacent to an activating group) is 1. The normalized spacial score (nSPS) is 24.8. The molecular weight excluding hydrogens is 329 g/mol. The van der Waals surface area contributed by atoms with Gasteiger partial charge in [0.1, 0.15) is 6.04 Å². The Morgan fingerprint density at radius 2 is 1.72 bits per heavy atom. The first-order valence-electron chi connectivity index (χ1n) is 8.01. The molecule has 0 fully saturated rings. The van der Waals surface area contributed by atoms with Crippen molar-refractivity contribution in [3.05, 3.63) is 64.2 Å². The van der Waals surface area contributed by atoms with Crippen molar-refractivity contribution in [2.24, 2.45) is 0 Å². The molecule has 2 aliphatic rings. The monoisotopic (exact) mass is 346 g/mol. The number of nitrogens with one attached hydrogen (secondary N) is 1. The van der Waals surface area contributed by atoms with E-state index in [1.54, 1.807) is 50.4 Å². The number of hydrogen-bond donors (Lipinski definition) is 1. The zero-order valence-corrected chi connectivity index (χ0v) is 14.0. The summed E-state index contributed by atoms with van der Waals surface area (Å²) in [5.74, 6) is -0.384. The lowest BCUT2D eigenvalue weighted by Gasteiger charge is -2.26. The molecule has 0 saturated carbocycles. The van der Waals surface area contributed by atoms with Gasteiger partial charge in [-0.05, 0) is 42.2 Å². The Hall–Kier alpha value is -2.34. The molecule has 2 atom stereocenters. The summed E-state index contributed by atoms with van der Waals surface area (Å²) >= 11 is 0. The van der Waals surface area contributed by atoms with Crippen LogP contribution in [0, 0.1) is 13.8 Å². The molecule has 1 amide bonds. The van der Waals surface area contributed by atoms with Gasteiger partial charge in [0.05, 0.1) is 0 Å². The Bertz CT molecular complexity index is 906. The van der Waals surface area contributed by atoms with Crippen LogP contribution in [-0.2, 0) is 10.3 Å². The molecule has 4 rings (SSSR count). The molecule has 1 spiro atoms. The van der Waals surface area contributed by atoms with Gasteiger partial charge in [-0.3, -0.25) is 10.1 Å². The van der Waals surface area contributed by atoms with Gasteiger partial charge in [0.2, 0.25) is 0 Å². The molecule has 25 heavy (non-hydrogen) atoms. The number of carbonyl (C=O) groups excluding carboxylic acids is 1. The molecule has 1 N–H and O–H groups in total. The smallest absolute Gasteiger partial charge is 0.313 e. The maximum atomic E-state index is 13.7. The lowest BCUT2D eigenvalue weighted by atomic mass is 9.83. The highest BCUT2D eigenvalue weighted by molar-refractivity contribution is 6.10. The molecule has 3 nitrogen and oxygen atoms in total.